The summed E-state index contributed by atoms with van der Waals surface area (Å²) in [5.74, 6) is -0.362. The van der Waals surface area contributed by atoms with Crippen LogP contribution in [0.4, 0.5) is 0 Å². The predicted octanol–water partition coefficient (Wildman–Crippen LogP) is 4.04. The first-order valence-electron chi connectivity index (χ1n) is 11.4. The Kier molecular flexibility index (Phi) is 5.32. The van der Waals surface area contributed by atoms with Gasteiger partial charge >= 0.3 is 0 Å². The molecule has 4 aromatic rings. The first kappa shape index (κ1) is 21.1. The van der Waals surface area contributed by atoms with Gasteiger partial charge in [0.1, 0.15) is 16.8 Å². The third-order valence-corrected chi connectivity index (χ3v) is 6.66. The topological polar surface area (TPSA) is 92.3 Å². The first-order valence-corrected chi connectivity index (χ1v) is 11.4. The zero-order chi connectivity index (χ0) is 23.1. The Hall–Kier alpha value is -3.74. The van der Waals surface area contributed by atoms with E-state index >= 15 is 0 Å². The standard InChI is InChI=1S/C26H27N5O2/c1-16-9-8-14-30-23(16)29-24-21(26(30)33)15-20(22(27)31(24)19-12-6-7-13-19)25(32)28-17(2)18-10-4-3-5-11-18/h3-5,8-11,14-15,17,19,27H,6-7,12-13H2,1-2H3,(H,28,32)/t17-/m0/s1. The van der Waals surface area contributed by atoms with E-state index in [0.717, 1.165) is 36.8 Å². The smallest absolute Gasteiger partial charge is 0.267 e. The van der Waals surface area contributed by atoms with Crippen molar-refractivity contribution in [2.24, 2.45) is 0 Å². The van der Waals surface area contributed by atoms with Gasteiger partial charge in [-0.2, -0.15) is 0 Å². The number of aryl methyl sites for hydroxylation is 1. The highest BCUT2D eigenvalue weighted by Gasteiger charge is 2.25. The van der Waals surface area contributed by atoms with Gasteiger partial charge in [-0.15, -0.1) is 0 Å². The Balaban J connectivity index is 1.71. The van der Waals surface area contributed by atoms with Gasteiger partial charge in [0, 0.05) is 12.2 Å². The maximum absolute atomic E-state index is 13.5. The molecule has 0 unspecified atom stereocenters. The number of carbonyl (C=O) groups is 1. The SMILES string of the molecule is Cc1cccn2c(=O)c3cc(C(=O)N[C@@H](C)c4ccccc4)c(=N)n(C4CCCC4)c3nc12. The molecule has 33 heavy (non-hydrogen) atoms. The first-order chi connectivity index (χ1) is 16.0. The van der Waals surface area contributed by atoms with E-state index in [1.54, 1.807) is 12.3 Å². The summed E-state index contributed by atoms with van der Waals surface area (Å²) < 4.78 is 3.34. The van der Waals surface area contributed by atoms with Crippen molar-refractivity contribution >= 4 is 22.6 Å². The number of fused-ring (bicyclic) bond motifs is 2. The van der Waals surface area contributed by atoms with Crippen molar-refractivity contribution in [2.45, 2.75) is 51.6 Å². The zero-order valence-electron chi connectivity index (χ0n) is 18.8. The summed E-state index contributed by atoms with van der Waals surface area (Å²) >= 11 is 0. The van der Waals surface area contributed by atoms with Gasteiger partial charge in [0.25, 0.3) is 11.5 Å². The molecule has 1 aliphatic carbocycles. The van der Waals surface area contributed by atoms with Crippen LogP contribution in [0.5, 0.6) is 0 Å². The second-order valence-electron chi connectivity index (χ2n) is 8.86. The minimum absolute atomic E-state index is 0.0534. The molecule has 1 aliphatic rings. The molecule has 7 heteroatoms. The van der Waals surface area contributed by atoms with E-state index in [1.165, 1.54) is 4.40 Å². The predicted molar refractivity (Wildman–Crippen MR) is 127 cm³/mol. The highest BCUT2D eigenvalue weighted by molar-refractivity contribution is 5.97. The lowest BCUT2D eigenvalue weighted by Gasteiger charge is -2.21. The molecule has 168 valence electrons. The Morgan fingerprint density at radius 2 is 1.85 bits per heavy atom. The lowest BCUT2D eigenvalue weighted by Crippen LogP contribution is -2.37. The molecule has 0 bridgehead atoms. The van der Waals surface area contributed by atoms with E-state index in [2.05, 4.69) is 5.32 Å². The van der Waals surface area contributed by atoms with Gasteiger partial charge in [0.05, 0.1) is 17.0 Å². The Morgan fingerprint density at radius 3 is 2.58 bits per heavy atom. The minimum Gasteiger partial charge on any atom is -0.345 e. The Morgan fingerprint density at radius 1 is 1.12 bits per heavy atom. The number of hydrogen-bond acceptors (Lipinski definition) is 4. The monoisotopic (exact) mass is 441 g/mol. The minimum atomic E-state index is -0.362. The molecule has 1 saturated carbocycles. The van der Waals surface area contributed by atoms with Gasteiger partial charge in [0.2, 0.25) is 0 Å². The number of nitrogens with one attached hydrogen (secondary N) is 2. The third-order valence-electron chi connectivity index (χ3n) is 6.66. The van der Waals surface area contributed by atoms with Crippen molar-refractivity contribution in [2.75, 3.05) is 0 Å². The summed E-state index contributed by atoms with van der Waals surface area (Å²) in [5.41, 5.74) is 3.01. The summed E-state index contributed by atoms with van der Waals surface area (Å²) in [6, 6.07) is 14.8. The number of pyridine rings is 2. The van der Waals surface area contributed by atoms with Gasteiger partial charge in [-0.05, 0) is 49.9 Å². The fourth-order valence-electron chi connectivity index (χ4n) is 4.85. The summed E-state index contributed by atoms with van der Waals surface area (Å²) in [6.45, 7) is 3.83. The van der Waals surface area contributed by atoms with Gasteiger partial charge < -0.3 is 9.88 Å². The summed E-state index contributed by atoms with van der Waals surface area (Å²) in [5, 5.41) is 12.3. The summed E-state index contributed by atoms with van der Waals surface area (Å²) in [6.07, 6.45) is 5.64. The maximum Gasteiger partial charge on any atom is 0.267 e. The van der Waals surface area contributed by atoms with Crippen molar-refractivity contribution in [1.29, 1.82) is 5.41 Å². The molecule has 7 nitrogen and oxygen atoms in total. The van der Waals surface area contributed by atoms with Gasteiger partial charge in [0.15, 0.2) is 0 Å². The van der Waals surface area contributed by atoms with Crippen LogP contribution in [0, 0.1) is 12.3 Å². The number of hydrogen-bond donors (Lipinski definition) is 2. The molecule has 0 aliphatic heterocycles. The van der Waals surface area contributed by atoms with Gasteiger partial charge in [-0.3, -0.25) is 19.4 Å². The molecule has 5 rings (SSSR count). The fraction of sp³-hybridized carbons (Fsp3) is 0.308. The average molecular weight is 442 g/mol. The average Bonchev–Trinajstić information content (AvgIpc) is 3.34. The van der Waals surface area contributed by atoms with Crippen molar-refractivity contribution in [3.8, 4) is 0 Å². The van der Waals surface area contributed by atoms with Crippen LogP contribution < -0.4 is 16.4 Å². The molecule has 0 radical (unpaired) electrons. The highest BCUT2D eigenvalue weighted by Crippen LogP contribution is 2.30. The molecular formula is C26H27N5O2. The lowest BCUT2D eigenvalue weighted by molar-refractivity contribution is 0.0937. The number of nitrogens with zero attached hydrogens (tertiary/aromatic N) is 3. The molecule has 3 aromatic heterocycles. The largest absolute Gasteiger partial charge is 0.345 e. The molecule has 1 amide bonds. The molecule has 0 saturated heterocycles. The van der Waals surface area contributed by atoms with Crippen molar-refractivity contribution in [3.05, 3.63) is 87.3 Å². The van der Waals surface area contributed by atoms with Crippen LogP contribution in [0.1, 0.15) is 66.2 Å². The molecule has 0 spiro atoms. The van der Waals surface area contributed by atoms with Crippen LogP contribution in [0.3, 0.4) is 0 Å². The van der Waals surface area contributed by atoms with Crippen LogP contribution in [-0.4, -0.2) is 19.9 Å². The quantitative estimate of drug-likeness (QED) is 0.468. The normalized spacial score (nSPS) is 15.2. The van der Waals surface area contributed by atoms with Gasteiger partial charge in [-0.25, -0.2) is 4.98 Å². The van der Waals surface area contributed by atoms with E-state index in [0.29, 0.717) is 16.7 Å². The lowest BCUT2D eigenvalue weighted by atomic mass is 10.1. The number of aromatic nitrogens is 3. The van der Waals surface area contributed by atoms with Crippen LogP contribution in [0.15, 0.2) is 59.5 Å². The van der Waals surface area contributed by atoms with Crippen LogP contribution in [-0.2, 0) is 0 Å². The van der Waals surface area contributed by atoms with Crippen LogP contribution >= 0.6 is 0 Å². The van der Waals surface area contributed by atoms with Crippen LogP contribution in [0.2, 0.25) is 0 Å². The number of carbonyl (C=O) groups excluding carboxylic acids is 1. The Labute approximate surface area is 191 Å². The van der Waals surface area contributed by atoms with E-state index in [9.17, 15) is 9.59 Å². The third kappa shape index (κ3) is 3.63. The Bertz CT molecular complexity index is 1480. The summed E-state index contributed by atoms with van der Waals surface area (Å²) in [7, 11) is 0. The zero-order valence-corrected chi connectivity index (χ0v) is 18.8. The fourth-order valence-corrected chi connectivity index (χ4v) is 4.85. The number of amides is 1. The molecule has 1 aromatic carbocycles. The molecule has 1 fully saturated rings. The van der Waals surface area contributed by atoms with Crippen molar-refractivity contribution in [3.63, 3.8) is 0 Å². The van der Waals surface area contributed by atoms with Crippen molar-refractivity contribution in [1.82, 2.24) is 19.3 Å². The van der Waals surface area contributed by atoms with E-state index in [4.69, 9.17) is 10.4 Å². The van der Waals surface area contributed by atoms with E-state index in [-0.39, 0.29) is 34.6 Å². The molecular weight excluding hydrogens is 414 g/mol. The number of benzene rings is 1. The molecule has 1 atom stereocenters. The second kappa shape index (κ2) is 8.31. The summed E-state index contributed by atoms with van der Waals surface area (Å²) in [4.78, 5) is 31.6. The number of rotatable bonds is 4. The van der Waals surface area contributed by atoms with Crippen molar-refractivity contribution < 1.29 is 4.79 Å². The second-order valence-corrected chi connectivity index (χ2v) is 8.86. The van der Waals surface area contributed by atoms with Gasteiger partial charge in [-0.1, -0.05) is 49.2 Å². The highest BCUT2D eigenvalue weighted by atomic mass is 16.2. The van der Waals surface area contributed by atoms with Crippen LogP contribution in [0.25, 0.3) is 16.7 Å². The molecule has 3 heterocycles. The maximum atomic E-state index is 13.5. The molecule has 2 N–H and O–H groups in total. The van der Waals surface area contributed by atoms with E-state index < -0.39 is 0 Å². The van der Waals surface area contributed by atoms with E-state index in [1.807, 2.05) is 60.9 Å².